The maximum atomic E-state index is 10.9. The van der Waals surface area contributed by atoms with Crippen LogP contribution in [0.25, 0.3) is 0 Å². The molecule has 3 heteroatoms. The lowest BCUT2D eigenvalue weighted by Gasteiger charge is -2.14. The topological polar surface area (TPSA) is 20.3 Å². The number of carbonyl (C=O) groups excluding carboxylic acids is 1. The Morgan fingerprint density at radius 2 is 1.44 bits per heavy atom. The zero-order chi connectivity index (χ0) is 11.2. The Morgan fingerprint density at radius 3 is 2.00 bits per heavy atom. The molecule has 0 atom stereocenters. The van der Waals surface area contributed by atoms with Crippen LogP contribution in [-0.2, 0) is 4.79 Å². The lowest BCUT2D eigenvalue weighted by atomic mass is 10.3. The highest BCUT2D eigenvalue weighted by Gasteiger charge is 2.07. The van der Waals surface area contributed by atoms with Gasteiger partial charge in [0.2, 0.25) is 0 Å². The number of anilines is 1. The van der Waals surface area contributed by atoms with Crippen molar-refractivity contribution in [2.75, 3.05) is 4.31 Å². The number of hydrogen-bond acceptors (Lipinski definition) is 2. The molecule has 0 aliphatic rings. The highest BCUT2D eigenvalue weighted by molar-refractivity contribution is 8.01. The summed E-state index contributed by atoms with van der Waals surface area (Å²) in [6, 6.07) is 19.2. The molecule has 0 N–H and O–H groups in total. The van der Waals surface area contributed by atoms with Crippen molar-refractivity contribution in [2.24, 2.45) is 0 Å². The van der Waals surface area contributed by atoms with Crippen molar-refractivity contribution in [2.45, 2.75) is 4.90 Å². The van der Waals surface area contributed by atoms with Crippen LogP contribution in [-0.4, -0.2) is 6.41 Å². The van der Waals surface area contributed by atoms with Crippen LogP contribution in [0.1, 0.15) is 0 Å². The Hall–Kier alpha value is -1.74. The Morgan fingerprint density at radius 1 is 0.875 bits per heavy atom. The van der Waals surface area contributed by atoms with Crippen LogP contribution in [0.15, 0.2) is 65.6 Å². The molecule has 0 fully saturated rings. The van der Waals surface area contributed by atoms with E-state index >= 15 is 0 Å². The highest BCUT2D eigenvalue weighted by atomic mass is 32.2. The molecule has 2 aromatic rings. The first-order valence-electron chi connectivity index (χ1n) is 4.86. The lowest BCUT2D eigenvalue weighted by molar-refractivity contribution is 0.558. The third kappa shape index (κ3) is 2.64. The van der Waals surface area contributed by atoms with Crippen molar-refractivity contribution in [3.63, 3.8) is 0 Å². The van der Waals surface area contributed by atoms with Crippen LogP contribution in [0.4, 0.5) is 5.69 Å². The minimum absolute atomic E-state index is 0.825. The third-order valence-corrected chi connectivity index (χ3v) is 2.96. The molecule has 0 aliphatic heterocycles. The third-order valence-electron chi connectivity index (χ3n) is 2.01. The van der Waals surface area contributed by atoms with Gasteiger partial charge in [-0.15, -0.1) is 0 Å². The molecule has 0 bridgehead atoms. The minimum atomic E-state index is 0.825. The molecule has 2 aromatic carbocycles. The predicted octanol–water partition coefficient (Wildman–Crippen LogP) is 3.27. The van der Waals surface area contributed by atoms with Crippen molar-refractivity contribution in [1.82, 2.24) is 0 Å². The van der Waals surface area contributed by atoms with Crippen LogP contribution in [0.5, 0.6) is 0 Å². The fourth-order valence-electron chi connectivity index (χ4n) is 1.27. The number of benzene rings is 2. The van der Waals surface area contributed by atoms with Crippen LogP contribution in [0, 0.1) is 0 Å². The number of amides is 1. The molecule has 0 spiro atoms. The first kappa shape index (κ1) is 10.8. The second-order valence-corrected chi connectivity index (χ2v) is 4.14. The van der Waals surface area contributed by atoms with E-state index in [0.717, 1.165) is 10.6 Å². The van der Waals surface area contributed by atoms with Gasteiger partial charge in [0.1, 0.15) is 0 Å². The smallest absolute Gasteiger partial charge is 0.262 e. The van der Waals surface area contributed by atoms with Crippen LogP contribution in [0.3, 0.4) is 0 Å². The van der Waals surface area contributed by atoms with Gasteiger partial charge in [-0.2, -0.15) is 0 Å². The van der Waals surface area contributed by atoms with Gasteiger partial charge in [0.05, 0.1) is 5.69 Å². The standard InChI is InChI=1S/C13H10NOS/c15-11-14(12-7-3-1-4-8-12)16-13-9-5-2-6-10-13/h1-10H. The average molecular weight is 228 g/mol. The fraction of sp³-hybridized carbons (Fsp3) is 0. The second kappa shape index (κ2) is 5.37. The second-order valence-electron chi connectivity index (χ2n) is 3.13. The maximum absolute atomic E-state index is 10.9. The Kier molecular flexibility index (Phi) is 3.62. The summed E-state index contributed by atoms with van der Waals surface area (Å²) < 4.78 is 1.48. The zero-order valence-electron chi connectivity index (χ0n) is 8.54. The Bertz CT molecular complexity index is 444. The minimum Gasteiger partial charge on any atom is -0.262 e. The summed E-state index contributed by atoms with van der Waals surface area (Å²) in [7, 11) is 0. The van der Waals surface area contributed by atoms with Gasteiger partial charge in [0.15, 0.2) is 0 Å². The van der Waals surface area contributed by atoms with Crippen molar-refractivity contribution in [1.29, 1.82) is 0 Å². The Balaban J connectivity index is 2.16. The Labute approximate surface area is 99.0 Å². The quantitative estimate of drug-likeness (QED) is 0.591. The first-order chi connectivity index (χ1) is 7.90. The molecule has 16 heavy (non-hydrogen) atoms. The van der Waals surface area contributed by atoms with E-state index in [1.54, 1.807) is 0 Å². The van der Waals surface area contributed by atoms with E-state index in [1.807, 2.05) is 67.1 Å². The van der Waals surface area contributed by atoms with Crippen molar-refractivity contribution in [3.8, 4) is 0 Å². The summed E-state index contributed by atoms with van der Waals surface area (Å²) in [4.78, 5) is 11.9. The molecule has 0 saturated carbocycles. The largest absolute Gasteiger partial charge is 0.328 e. The van der Waals surface area contributed by atoms with Crippen LogP contribution < -0.4 is 4.31 Å². The number of nitrogens with zero attached hydrogens (tertiary/aromatic N) is 1. The summed E-state index contributed by atoms with van der Waals surface area (Å²) in [5.74, 6) is 0. The molecule has 0 aliphatic carbocycles. The molecule has 1 amide bonds. The lowest BCUT2D eigenvalue weighted by Crippen LogP contribution is -2.10. The van der Waals surface area contributed by atoms with Crippen molar-refractivity contribution < 1.29 is 4.79 Å². The van der Waals surface area contributed by atoms with Gasteiger partial charge in [0.25, 0.3) is 0 Å². The van der Waals surface area contributed by atoms with Gasteiger partial charge in [0, 0.05) is 4.90 Å². The molecule has 0 saturated heterocycles. The highest BCUT2D eigenvalue weighted by Crippen LogP contribution is 2.26. The molecule has 0 aromatic heterocycles. The van der Waals surface area contributed by atoms with E-state index in [-0.39, 0.29) is 0 Å². The number of hydrogen-bond donors (Lipinski definition) is 0. The molecular formula is C13H10NOS. The normalized spacial score (nSPS) is 9.75. The van der Waals surface area contributed by atoms with E-state index in [0.29, 0.717) is 0 Å². The van der Waals surface area contributed by atoms with Crippen molar-refractivity contribution >= 4 is 24.0 Å². The van der Waals surface area contributed by atoms with Gasteiger partial charge in [-0.05, 0) is 36.2 Å². The molecule has 2 nitrogen and oxygen atoms in total. The van der Waals surface area contributed by atoms with Crippen LogP contribution >= 0.6 is 11.9 Å². The fourth-order valence-corrected chi connectivity index (χ4v) is 2.03. The first-order valence-corrected chi connectivity index (χ1v) is 5.63. The van der Waals surface area contributed by atoms with E-state index < -0.39 is 0 Å². The van der Waals surface area contributed by atoms with E-state index in [9.17, 15) is 4.79 Å². The SMILES string of the molecule is O=[C]N(Sc1ccccc1)c1ccccc1. The molecular weight excluding hydrogens is 218 g/mol. The van der Waals surface area contributed by atoms with Gasteiger partial charge in [-0.25, -0.2) is 4.31 Å². The molecule has 1 radical (unpaired) electrons. The van der Waals surface area contributed by atoms with E-state index in [4.69, 9.17) is 0 Å². The average Bonchev–Trinajstić information content (AvgIpc) is 2.38. The molecule has 79 valence electrons. The molecule has 0 heterocycles. The van der Waals surface area contributed by atoms with E-state index in [2.05, 4.69) is 0 Å². The number of rotatable bonds is 4. The summed E-state index contributed by atoms with van der Waals surface area (Å²) in [5, 5.41) is 0. The summed E-state index contributed by atoms with van der Waals surface area (Å²) >= 11 is 1.35. The summed E-state index contributed by atoms with van der Waals surface area (Å²) in [6.45, 7) is 0. The van der Waals surface area contributed by atoms with Gasteiger partial charge in [-0.1, -0.05) is 36.4 Å². The maximum Gasteiger partial charge on any atom is 0.328 e. The number of para-hydroxylation sites is 1. The van der Waals surface area contributed by atoms with E-state index in [1.165, 1.54) is 16.3 Å². The van der Waals surface area contributed by atoms with Crippen molar-refractivity contribution in [3.05, 3.63) is 60.7 Å². The summed E-state index contributed by atoms with van der Waals surface area (Å²) in [6.07, 6.45) is 1.91. The van der Waals surface area contributed by atoms with Gasteiger partial charge >= 0.3 is 6.41 Å². The van der Waals surface area contributed by atoms with Gasteiger partial charge in [-0.3, -0.25) is 4.79 Å². The van der Waals surface area contributed by atoms with Crippen LogP contribution in [0.2, 0.25) is 0 Å². The zero-order valence-corrected chi connectivity index (χ0v) is 9.35. The summed E-state index contributed by atoms with van der Waals surface area (Å²) in [5.41, 5.74) is 0.825. The predicted molar refractivity (Wildman–Crippen MR) is 66.9 cm³/mol. The molecule has 2 rings (SSSR count). The molecule has 0 unspecified atom stereocenters. The van der Waals surface area contributed by atoms with Gasteiger partial charge < -0.3 is 0 Å². The monoisotopic (exact) mass is 228 g/mol.